The lowest BCUT2D eigenvalue weighted by molar-refractivity contribution is -0.121. The van der Waals surface area contributed by atoms with Gasteiger partial charge in [-0.2, -0.15) is 0 Å². The lowest BCUT2D eigenvalue weighted by atomic mass is 10.2. The lowest BCUT2D eigenvalue weighted by Gasteiger charge is -2.19. The number of carbonyl (C=O) groups is 2. The molecule has 0 bridgehead atoms. The number of ether oxygens (including phenoxy) is 2. The molecular formula is C18H27N3O4. The van der Waals surface area contributed by atoms with Crippen LogP contribution < -0.4 is 20.1 Å². The van der Waals surface area contributed by atoms with Crippen LogP contribution in [0.1, 0.15) is 31.2 Å². The van der Waals surface area contributed by atoms with Gasteiger partial charge in [0.05, 0.1) is 20.8 Å². The van der Waals surface area contributed by atoms with Crippen LogP contribution in [0, 0.1) is 0 Å². The van der Waals surface area contributed by atoms with Crippen LogP contribution in [0.25, 0.3) is 0 Å². The fraction of sp³-hybridized carbons (Fsp3) is 0.556. The molecule has 0 atom stereocenters. The minimum Gasteiger partial charge on any atom is -0.497 e. The number of carbonyl (C=O) groups excluding carboxylic acids is 2. The number of hydrogen-bond donors (Lipinski definition) is 2. The van der Waals surface area contributed by atoms with E-state index in [0.717, 1.165) is 31.2 Å². The standard InChI is InChI=1S/C18H27N3O4/c1-21(11-13-8-9-15(24-2)10-16(13)25-3)12-17(22)20-18(23)19-14-6-4-5-7-14/h8-10,14H,4-7,11-12H2,1-3H3,(H2,19,20,22,23). The van der Waals surface area contributed by atoms with Crippen molar-refractivity contribution in [1.82, 2.24) is 15.5 Å². The maximum Gasteiger partial charge on any atom is 0.321 e. The number of likely N-dealkylation sites (N-methyl/N-ethyl adjacent to an activating group) is 1. The van der Waals surface area contributed by atoms with E-state index in [4.69, 9.17) is 9.47 Å². The normalized spacial score (nSPS) is 14.4. The summed E-state index contributed by atoms with van der Waals surface area (Å²) in [4.78, 5) is 25.7. The molecule has 0 unspecified atom stereocenters. The Morgan fingerprint density at radius 3 is 2.56 bits per heavy atom. The zero-order valence-electron chi connectivity index (χ0n) is 15.1. The van der Waals surface area contributed by atoms with E-state index in [-0.39, 0.29) is 18.5 Å². The first-order valence-electron chi connectivity index (χ1n) is 8.51. The number of rotatable bonds is 7. The van der Waals surface area contributed by atoms with Gasteiger partial charge >= 0.3 is 6.03 Å². The summed E-state index contributed by atoms with van der Waals surface area (Å²) < 4.78 is 10.5. The van der Waals surface area contributed by atoms with Crippen molar-refractivity contribution in [2.75, 3.05) is 27.8 Å². The van der Waals surface area contributed by atoms with Crippen LogP contribution >= 0.6 is 0 Å². The molecule has 0 radical (unpaired) electrons. The van der Waals surface area contributed by atoms with Crippen molar-refractivity contribution >= 4 is 11.9 Å². The molecular weight excluding hydrogens is 322 g/mol. The highest BCUT2D eigenvalue weighted by atomic mass is 16.5. The molecule has 1 aromatic carbocycles. The fourth-order valence-electron chi connectivity index (χ4n) is 3.03. The van der Waals surface area contributed by atoms with E-state index in [9.17, 15) is 9.59 Å². The Labute approximate surface area is 148 Å². The summed E-state index contributed by atoms with van der Waals surface area (Å²) in [7, 11) is 5.01. The second-order valence-corrected chi connectivity index (χ2v) is 6.35. The first-order valence-corrected chi connectivity index (χ1v) is 8.51. The van der Waals surface area contributed by atoms with Crippen LogP contribution in [0.4, 0.5) is 4.79 Å². The van der Waals surface area contributed by atoms with Gasteiger partial charge in [-0.15, -0.1) is 0 Å². The van der Waals surface area contributed by atoms with Crippen molar-refractivity contribution in [3.05, 3.63) is 23.8 Å². The molecule has 0 aromatic heterocycles. The lowest BCUT2D eigenvalue weighted by Crippen LogP contribution is -2.46. The SMILES string of the molecule is COc1ccc(CN(C)CC(=O)NC(=O)NC2CCCC2)c(OC)c1. The molecule has 7 heteroatoms. The molecule has 25 heavy (non-hydrogen) atoms. The summed E-state index contributed by atoms with van der Waals surface area (Å²) in [6.45, 7) is 0.637. The molecule has 3 amide bonds. The zero-order chi connectivity index (χ0) is 18.2. The predicted molar refractivity (Wildman–Crippen MR) is 94.8 cm³/mol. The van der Waals surface area contributed by atoms with Crippen LogP contribution in [0.15, 0.2) is 18.2 Å². The molecule has 0 saturated heterocycles. The van der Waals surface area contributed by atoms with Crippen LogP contribution in [-0.2, 0) is 11.3 Å². The summed E-state index contributed by atoms with van der Waals surface area (Å²) in [5.74, 6) is 1.08. The zero-order valence-corrected chi connectivity index (χ0v) is 15.1. The number of nitrogens with zero attached hydrogens (tertiary/aromatic N) is 1. The first kappa shape index (κ1) is 19.1. The summed E-state index contributed by atoms with van der Waals surface area (Å²) in [5.41, 5.74) is 0.939. The van der Waals surface area contributed by atoms with Crippen molar-refractivity contribution in [2.24, 2.45) is 0 Å². The molecule has 7 nitrogen and oxygen atoms in total. The van der Waals surface area contributed by atoms with E-state index < -0.39 is 6.03 Å². The summed E-state index contributed by atoms with van der Waals surface area (Å²) >= 11 is 0. The highest BCUT2D eigenvalue weighted by Gasteiger charge is 2.19. The number of nitrogens with one attached hydrogen (secondary N) is 2. The predicted octanol–water partition coefficient (Wildman–Crippen LogP) is 1.90. The fourth-order valence-corrected chi connectivity index (χ4v) is 3.03. The van der Waals surface area contributed by atoms with E-state index in [1.54, 1.807) is 20.3 Å². The van der Waals surface area contributed by atoms with E-state index >= 15 is 0 Å². The quantitative estimate of drug-likeness (QED) is 0.786. The first-order chi connectivity index (χ1) is 12.0. The number of urea groups is 1. The minimum absolute atomic E-state index is 0.118. The number of amides is 3. The molecule has 1 fully saturated rings. The summed E-state index contributed by atoms with van der Waals surface area (Å²) in [6.07, 6.45) is 4.23. The third-order valence-corrected chi connectivity index (χ3v) is 4.29. The molecule has 1 aromatic rings. The maximum atomic E-state index is 12.0. The molecule has 1 saturated carbocycles. The van der Waals surface area contributed by atoms with E-state index in [1.165, 1.54) is 0 Å². The van der Waals surface area contributed by atoms with Crippen LogP contribution in [0.2, 0.25) is 0 Å². The number of imide groups is 1. The molecule has 0 aliphatic heterocycles. The van der Waals surface area contributed by atoms with Gasteiger partial charge in [0.25, 0.3) is 0 Å². The second kappa shape index (κ2) is 9.27. The molecule has 0 heterocycles. The average molecular weight is 349 g/mol. The molecule has 0 spiro atoms. The van der Waals surface area contributed by atoms with Crippen LogP contribution in [-0.4, -0.2) is 50.7 Å². The molecule has 2 N–H and O–H groups in total. The molecule has 2 rings (SSSR count). The highest BCUT2D eigenvalue weighted by Crippen LogP contribution is 2.25. The Morgan fingerprint density at radius 2 is 1.92 bits per heavy atom. The number of benzene rings is 1. The van der Waals surface area contributed by atoms with Crippen molar-refractivity contribution in [3.8, 4) is 11.5 Å². The van der Waals surface area contributed by atoms with Gasteiger partial charge in [0.1, 0.15) is 11.5 Å². The van der Waals surface area contributed by atoms with Crippen LogP contribution in [0.5, 0.6) is 11.5 Å². The average Bonchev–Trinajstić information content (AvgIpc) is 3.07. The van der Waals surface area contributed by atoms with Crippen molar-refractivity contribution < 1.29 is 19.1 Å². The van der Waals surface area contributed by atoms with Crippen molar-refractivity contribution in [3.63, 3.8) is 0 Å². The topological polar surface area (TPSA) is 79.9 Å². The smallest absolute Gasteiger partial charge is 0.321 e. The monoisotopic (exact) mass is 349 g/mol. The van der Waals surface area contributed by atoms with Gasteiger partial charge in [0.2, 0.25) is 5.91 Å². The van der Waals surface area contributed by atoms with Gasteiger partial charge in [-0.1, -0.05) is 18.9 Å². The Kier molecular flexibility index (Phi) is 7.06. The van der Waals surface area contributed by atoms with Gasteiger partial charge in [0.15, 0.2) is 0 Å². The second-order valence-electron chi connectivity index (χ2n) is 6.35. The number of methoxy groups -OCH3 is 2. The van der Waals surface area contributed by atoms with Crippen molar-refractivity contribution in [2.45, 2.75) is 38.3 Å². The minimum atomic E-state index is -0.410. The largest absolute Gasteiger partial charge is 0.497 e. The maximum absolute atomic E-state index is 12.0. The summed E-state index contributed by atoms with van der Waals surface area (Å²) in [6, 6.07) is 5.33. The molecule has 138 valence electrons. The van der Waals surface area contributed by atoms with Gasteiger partial charge in [-0.05, 0) is 26.0 Å². The van der Waals surface area contributed by atoms with Gasteiger partial charge < -0.3 is 14.8 Å². The van der Waals surface area contributed by atoms with Gasteiger partial charge in [-0.25, -0.2) is 4.79 Å². The summed E-state index contributed by atoms with van der Waals surface area (Å²) in [5, 5.41) is 5.23. The highest BCUT2D eigenvalue weighted by molar-refractivity contribution is 5.95. The Balaban J connectivity index is 1.81. The van der Waals surface area contributed by atoms with E-state index in [2.05, 4.69) is 10.6 Å². The Hall–Kier alpha value is -2.28. The van der Waals surface area contributed by atoms with Gasteiger partial charge in [-0.3, -0.25) is 15.0 Å². The van der Waals surface area contributed by atoms with Crippen molar-refractivity contribution in [1.29, 1.82) is 0 Å². The van der Waals surface area contributed by atoms with Gasteiger partial charge in [0, 0.05) is 24.2 Å². The van der Waals surface area contributed by atoms with E-state index in [1.807, 2.05) is 24.1 Å². The Bertz CT molecular complexity index is 600. The van der Waals surface area contributed by atoms with E-state index in [0.29, 0.717) is 18.0 Å². The third-order valence-electron chi connectivity index (χ3n) is 4.29. The third kappa shape index (κ3) is 5.94. The number of hydrogen-bond acceptors (Lipinski definition) is 5. The molecule has 1 aliphatic carbocycles. The Morgan fingerprint density at radius 1 is 1.20 bits per heavy atom. The molecule has 1 aliphatic rings. The van der Waals surface area contributed by atoms with Crippen LogP contribution in [0.3, 0.4) is 0 Å².